The topological polar surface area (TPSA) is 29.5 Å². The Morgan fingerprint density at radius 3 is 3.00 bits per heavy atom. The summed E-state index contributed by atoms with van der Waals surface area (Å²) in [6.07, 6.45) is 9.33. The van der Waals surface area contributed by atoms with E-state index in [2.05, 4.69) is 12.2 Å². The average molecular weight is 154 g/mol. The first-order chi connectivity index (χ1) is 5.33. The molecule has 1 aliphatic rings. The number of rotatable bonds is 3. The van der Waals surface area contributed by atoms with Crippen molar-refractivity contribution in [2.24, 2.45) is 5.92 Å². The molecule has 0 saturated heterocycles. The fourth-order valence-electron chi connectivity index (χ4n) is 1.16. The van der Waals surface area contributed by atoms with Gasteiger partial charge in [-0.1, -0.05) is 24.3 Å². The molecule has 11 heavy (non-hydrogen) atoms. The van der Waals surface area contributed by atoms with E-state index in [1.807, 2.05) is 12.2 Å². The highest BCUT2D eigenvalue weighted by molar-refractivity contribution is 5.10. The van der Waals surface area contributed by atoms with E-state index in [9.17, 15) is 0 Å². The Kier molecular flexibility index (Phi) is 3.33. The molecule has 2 unspecified atom stereocenters. The Balaban J connectivity index is 2.27. The van der Waals surface area contributed by atoms with E-state index in [0.717, 1.165) is 6.42 Å². The molecule has 0 bridgehead atoms. The highest BCUT2D eigenvalue weighted by atomic mass is 16.6. The molecule has 0 aromatic heterocycles. The minimum atomic E-state index is -0.615. The number of ether oxygens (including phenoxy) is 1. The number of hydrogen-bond acceptors (Lipinski definition) is 2. The largest absolute Gasteiger partial charge is 0.368 e. The lowest BCUT2D eigenvalue weighted by Gasteiger charge is -2.15. The second kappa shape index (κ2) is 4.31. The van der Waals surface area contributed by atoms with Crippen LogP contribution in [0.5, 0.6) is 0 Å². The predicted molar refractivity (Wildman–Crippen MR) is 44.0 cm³/mol. The lowest BCUT2D eigenvalue weighted by molar-refractivity contribution is -0.0840. The van der Waals surface area contributed by atoms with Crippen molar-refractivity contribution >= 4 is 0 Å². The molecule has 2 nitrogen and oxygen atoms in total. The van der Waals surface area contributed by atoms with Gasteiger partial charge in [-0.05, 0) is 12.3 Å². The highest BCUT2D eigenvalue weighted by Crippen LogP contribution is 2.17. The van der Waals surface area contributed by atoms with E-state index in [-0.39, 0.29) is 0 Å². The molecule has 62 valence electrons. The van der Waals surface area contributed by atoms with Gasteiger partial charge in [-0.3, -0.25) is 0 Å². The van der Waals surface area contributed by atoms with Crippen molar-refractivity contribution in [1.82, 2.24) is 0 Å². The zero-order chi connectivity index (χ0) is 8.10. The number of methoxy groups -OCH3 is 1. The van der Waals surface area contributed by atoms with Crippen molar-refractivity contribution in [2.45, 2.75) is 19.1 Å². The molecule has 1 rings (SSSR count). The van der Waals surface area contributed by atoms with Crippen molar-refractivity contribution in [3.8, 4) is 0 Å². The summed E-state index contributed by atoms with van der Waals surface area (Å²) in [5, 5.41) is 9.13. The monoisotopic (exact) mass is 154 g/mol. The molecule has 0 heterocycles. The van der Waals surface area contributed by atoms with Crippen molar-refractivity contribution < 1.29 is 9.84 Å². The molecule has 0 aliphatic heterocycles. The van der Waals surface area contributed by atoms with Crippen molar-refractivity contribution in [3.05, 3.63) is 24.3 Å². The normalized spacial score (nSPS) is 25.5. The van der Waals surface area contributed by atoms with Crippen LogP contribution in [0.1, 0.15) is 12.8 Å². The van der Waals surface area contributed by atoms with Crippen molar-refractivity contribution in [1.29, 1.82) is 0 Å². The summed E-state index contributed by atoms with van der Waals surface area (Å²) < 4.78 is 4.75. The van der Waals surface area contributed by atoms with Crippen molar-refractivity contribution in [2.75, 3.05) is 7.11 Å². The average Bonchev–Trinajstić information content (AvgIpc) is 2.06. The predicted octanol–water partition coefficient (Wildman–Crippen LogP) is 1.47. The lowest BCUT2D eigenvalue weighted by Crippen LogP contribution is -2.14. The molecule has 2 heteroatoms. The molecule has 0 aromatic carbocycles. The first-order valence-electron chi connectivity index (χ1n) is 3.87. The maximum absolute atomic E-state index is 9.13. The second-order valence-electron chi connectivity index (χ2n) is 2.73. The van der Waals surface area contributed by atoms with Gasteiger partial charge in [-0.2, -0.15) is 0 Å². The van der Waals surface area contributed by atoms with Gasteiger partial charge in [-0.25, -0.2) is 0 Å². The van der Waals surface area contributed by atoms with Crippen LogP contribution in [-0.4, -0.2) is 18.5 Å². The summed E-state index contributed by atoms with van der Waals surface area (Å²) in [4.78, 5) is 0. The minimum absolute atomic E-state index is 0.440. The molecular weight excluding hydrogens is 140 g/mol. The lowest BCUT2D eigenvalue weighted by atomic mass is 9.97. The van der Waals surface area contributed by atoms with E-state index >= 15 is 0 Å². The van der Waals surface area contributed by atoms with E-state index in [0.29, 0.717) is 12.3 Å². The molecule has 0 radical (unpaired) electrons. The van der Waals surface area contributed by atoms with Crippen LogP contribution in [0.2, 0.25) is 0 Å². The van der Waals surface area contributed by atoms with Crippen LogP contribution in [0.15, 0.2) is 24.3 Å². The first-order valence-corrected chi connectivity index (χ1v) is 3.87. The Morgan fingerprint density at radius 2 is 2.45 bits per heavy atom. The van der Waals surface area contributed by atoms with Gasteiger partial charge < -0.3 is 9.84 Å². The molecule has 1 aliphatic carbocycles. The highest BCUT2D eigenvalue weighted by Gasteiger charge is 2.10. The molecular formula is C9H14O2. The fraction of sp³-hybridized carbons (Fsp3) is 0.556. The van der Waals surface area contributed by atoms with Crippen LogP contribution in [0.4, 0.5) is 0 Å². The zero-order valence-corrected chi connectivity index (χ0v) is 6.73. The van der Waals surface area contributed by atoms with Crippen LogP contribution < -0.4 is 0 Å². The van der Waals surface area contributed by atoms with Crippen LogP contribution >= 0.6 is 0 Å². The number of hydrogen-bond donors (Lipinski definition) is 1. The van der Waals surface area contributed by atoms with Crippen LogP contribution in [-0.2, 0) is 4.74 Å². The molecule has 0 spiro atoms. The van der Waals surface area contributed by atoms with Gasteiger partial charge in [0.2, 0.25) is 0 Å². The Bertz CT molecular complexity index is 161. The number of aliphatic hydroxyl groups is 1. The van der Waals surface area contributed by atoms with Gasteiger partial charge in [0.1, 0.15) is 0 Å². The van der Waals surface area contributed by atoms with Gasteiger partial charge in [-0.15, -0.1) is 0 Å². The molecule has 2 atom stereocenters. The molecule has 0 aromatic rings. The molecule has 0 fully saturated rings. The summed E-state index contributed by atoms with van der Waals surface area (Å²) >= 11 is 0. The van der Waals surface area contributed by atoms with E-state index in [1.165, 1.54) is 7.11 Å². The third kappa shape index (κ3) is 2.87. The summed E-state index contributed by atoms with van der Waals surface area (Å²) in [5.74, 6) is 0.440. The van der Waals surface area contributed by atoms with E-state index in [4.69, 9.17) is 9.84 Å². The smallest absolute Gasteiger partial charge is 0.154 e. The van der Waals surface area contributed by atoms with Crippen LogP contribution in [0.3, 0.4) is 0 Å². The quantitative estimate of drug-likeness (QED) is 0.624. The van der Waals surface area contributed by atoms with Gasteiger partial charge in [0.25, 0.3) is 0 Å². The number of allylic oxidation sites excluding steroid dienone is 4. The SMILES string of the molecule is COC(O)CC1C=CC=CC1. The standard InChI is InChI=1S/C9H14O2/c1-11-9(10)7-8-5-3-2-4-6-8/h2-5,8-10H,6-7H2,1H3. The maximum atomic E-state index is 9.13. The molecule has 0 amide bonds. The maximum Gasteiger partial charge on any atom is 0.154 e. The third-order valence-corrected chi connectivity index (χ3v) is 1.85. The molecule has 1 N–H and O–H groups in total. The van der Waals surface area contributed by atoms with Gasteiger partial charge in [0.05, 0.1) is 0 Å². The summed E-state index contributed by atoms with van der Waals surface area (Å²) in [6, 6.07) is 0. The van der Waals surface area contributed by atoms with Crippen LogP contribution in [0.25, 0.3) is 0 Å². The van der Waals surface area contributed by atoms with Crippen LogP contribution in [0, 0.1) is 5.92 Å². The molecule has 0 saturated carbocycles. The third-order valence-electron chi connectivity index (χ3n) is 1.85. The van der Waals surface area contributed by atoms with Crippen molar-refractivity contribution in [3.63, 3.8) is 0 Å². The van der Waals surface area contributed by atoms with Gasteiger partial charge in [0, 0.05) is 13.5 Å². The van der Waals surface area contributed by atoms with E-state index < -0.39 is 6.29 Å². The van der Waals surface area contributed by atoms with Gasteiger partial charge in [0.15, 0.2) is 6.29 Å². The van der Waals surface area contributed by atoms with Gasteiger partial charge >= 0.3 is 0 Å². The fourth-order valence-corrected chi connectivity index (χ4v) is 1.16. The summed E-state index contributed by atoms with van der Waals surface area (Å²) in [6.45, 7) is 0. The second-order valence-corrected chi connectivity index (χ2v) is 2.73. The zero-order valence-electron chi connectivity index (χ0n) is 6.73. The first kappa shape index (κ1) is 8.50. The Labute approximate surface area is 67.2 Å². The Hall–Kier alpha value is -0.600. The summed E-state index contributed by atoms with van der Waals surface area (Å²) in [5.41, 5.74) is 0. The number of aliphatic hydroxyl groups excluding tert-OH is 1. The van der Waals surface area contributed by atoms with E-state index in [1.54, 1.807) is 0 Å². The minimum Gasteiger partial charge on any atom is -0.368 e. The summed E-state index contributed by atoms with van der Waals surface area (Å²) in [7, 11) is 1.52. The Morgan fingerprint density at radius 1 is 1.64 bits per heavy atom.